The number of sulfone groups is 1. The standard InChI is InChI=1S/C33H49N5O5S/c1-25-23-37(32(40)43-31-13-12-18-33(35-31)16-10-8-6-4-5-7-9-11-17-33)30-21-27(14-15-29(30)38(25)26(2)39)28-22-34-36(24-28)19-20-44(3,41)42/h14-15,21-22,24-25,31,35H,4-13,16-20,23H2,1-3H3/t25-,31?/m0/s1. The summed E-state index contributed by atoms with van der Waals surface area (Å²) in [5.74, 6) is -0.0873. The Morgan fingerprint density at radius 2 is 1.64 bits per heavy atom. The second-order valence-corrected chi connectivity index (χ2v) is 15.5. The number of nitrogens with zero attached hydrogens (tertiary/aromatic N) is 4. The van der Waals surface area contributed by atoms with Crippen LogP contribution >= 0.6 is 0 Å². The van der Waals surface area contributed by atoms with E-state index >= 15 is 0 Å². The monoisotopic (exact) mass is 627 g/mol. The summed E-state index contributed by atoms with van der Waals surface area (Å²) in [7, 11) is -3.12. The molecule has 1 unspecified atom stereocenters. The second-order valence-electron chi connectivity index (χ2n) is 13.2. The lowest BCUT2D eigenvalue weighted by Crippen LogP contribution is -2.57. The predicted octanol–water partition coefficient (Wildman–Crippen LogP) is 6.05. The minimum atomic E-state index is -3.12. The summed E-state index contributed by atoms with van der Waals surface area (Å²) >= 11 is 0. The summed E-state index contributed by atoms with van der Waals surface area (Å²) in [5, 5.41) is 8.15. The van der Waals surface area contributed by atoms with Crippen LogP contribution < -0.4 is 15.1 Å². The van der Waals surface area contributed by atoms with Crippen molar-refractivity contribution < 1.29 is 22.7 Å². The Hall–Kier alpha value is -2.92. The quantitative estimate of drug-likeness (QED) is 0.430. The van der Waals surface area contributed by atoms with Crippen LogP contribution in [-0.2, 0) is 25.9 Å². The molecule has 1 aromatic heterocycles. The first-order chi connectivity index (χ1) is 21.0. The Bertz CT molecular complexity index is 1410. The first-order valence-corrected chi connectivity index (χ1v) is 18.5. The molecule has 1 spiro atoms. The number of nitrogens with one attached hydrogen (secondary N) is 1. The number of anilines is 2. The van der Waals surface area contributed by atoms with Gasteiger partial charge in [0.1, 0.15) is 9.84 Å². The molecule has 5 rings (SSSR count). The molecule has 3 aliphatic rings. The summed E-state index contributed by atoms with van der Waals surface area (Å²) in [6.45, 7) is 4.06. The number of hydrogen-bond acceptors (Lipinski definition) is 7. The molecule has 1 saturated heterocycles. The third kappa shape index (κ3) is 8.02. The molecule has 1 saturated carbocycles. The molecule has 242 valence electrons. The molecule has 11 heteroatoms. The SMILES string of the molecule is CC(=O)N1c2ccc(-c3cnn(CCS(C)(=O)=O)c3)cc2N(C(=O)OC2CCCC3(CCCCCCCCCC3)N2)C[C@@H]1C. The third-order valence-electron chi connectivity index (χ3n) is 9.52. The van der Waals surface area contributed by atoms with Crippen LogP contribution in [0.4, 0.5) is 16.2 Å². The van der Waals surface area contributed by atoms with Crippen LogP contribution in [0.3, 0.4) is 0 Å². The van der Waals surface area contributed by atoms with Crippen molar-refractivity contribution in [2.45, 2.75) is 122 Å². The zero-order valence-corrected chi connectivity index (χ0v) is 27.4. The van der Waals surface area contributed by atoms with Gasteiger partial charge in [-0.1, -0.05) is 57.4 Å². The minimum absolute atomic E-state index is 0.000125. The van der Waals surface area contributed by atoms with Gasteiger partial charge >= 0.3 is 6.09 Å². The van der Waals surface area contributed by atoms with E-state index in [4.69, 9.17) is 4.74 Å². The van der Waals surface area contributed by atoms with Crippen molar-refractivity contribution in [1.82, 2.24) is 15.1 Å². The topological polar surface area (TPSA) is 114 Å². The molecule has 0 bridgehead atoms. The number of rotatable bonds is 5. The highest BCUT2D eigenvalue weighted by molar-refractivity contribution is 7.90. The zero-order chi connectivity index (χ0) is 31.3. The minimum Gasteiger partial charge on any atom is -0.430 e. The summed E-state index contributed by atoms with van der Waals surface area (Å²) < 4.78 is 31.1. The number of hydrogen-bond donors (Lipinski definition) is 1. The number of ether oxygens (including phenoxy) is 1. The molecule has 2 amide bonds. The van der Waals surface area contributed by atoms with Gasteiger partial charge in [-0.25, -0.2) is 13.2 Å². The van der Waals surface area contributed by atoms with Gasteiger partial charge in [-0.15, -0.1) is 0 Å². The Balaban J connectivity index is 1.36. The van der Waals surface area contributed by atoms with Gasteiger partial charge in [-0.2, -0.15) is 5.10 Å². The van der Waals surface area contributed by atoms with Gasteiger partial charge in [0.05, 0.1) is 35.9 Å². The summed E-state index contributed by atoms with van der Waals surface area (Å²) in [6.07, 6.45) is 19.4. The summed E-state index contributed by atoms with van der Waals surface area (Å²) in [4.78, 5) is 30.0. The zero-order valence-electron chi connectivity index (χ0n) is 26.6. The van der Waals surface area contributed by atoms with E-state index in [2.05, 4.69) is 10.4 Å². The van der Waals surface area contributed by atoms with Crippen LogP contribution in [0.2, 0.25) is 0 Å². The first-order valence-electron chi connectivity index (χ1n) is 16.4. The van der Waals surface area contributed by atoms with Gasteiger partial charge in [0, 0.05) is 37.0 Å². The van der Waals surface area contributed by atoms with Crippen molar-refractivity contribution in [2.75, 3.05) is 28.4 Å². The number of carbonyl (C=O) groups is 2. The van der Waals surface area contributed by atoms with E-state index in [1.807, 2.05) is 25.1 Å². The number of carbonyl (C=O) groups excluding carboxylic acids is 2. The number of piperidine rings is 1. The Morgan fingerprint density at radius 1 is 0.977 bits per heavy atom. The molecule has 2 aromatic rings. The number of aromatic nitrogens is 2. The molecule has 2 atom stereocenters. The molecule has 1 aromatic carbocycles. The molecule has 1 N–H and O–H groups in total. The average molecular weight is 628 g/mol. The van der Waals surface area contributed by atoms with E-state index < -0.39 is 15.9 Å². The molecule has 0 radical (unpaired) electrons. The lowest BCUT2D eigenvalue weighted by Gasteiger charge is -2.44. The highest BCUT2D eigenvalue weighted by Crippen LogP contribution is 2.40. The average Bonchev–Trinajstić information content (AvgIpc) is 3.43. The van der Waals surface area contributed by atoms with Gasteiger partial charge in [-0.3, -0.25) is 19.7 Å². The predicted molar refractivity (Wildman–Crippen MR) is 173 cm³/mol. The summed E-state index contributed by atoms with van der Waals surface area (Å²) in [6, 6.07) is 5.45. The van der Waals surface area contributed by atoms with Gasteiger partial charge < -0.3 is 9.64 Å². The van der Waals surface area contributed by atoms with E-state index in [0.29, 0.717) is 17.9 Å². The van der Waals surface area contributed by atoms with Gasteiger partial charge in [0.15, 0.2) is 6.23 Å². The fourth-order valence-electron chi connectivity index (χ4n) is 7.24. The largest absolute Gasteiger partial charge is 0.430 e. The van der Waals surface area contributed by atoms with Crippen molar-refractivity contribution in [2.24, 2.45) is 0 Å². The number of aryl methyl sites for hydroxylation is 1. The van der Waals surface area contributed by atoms with Crippen molar-refractivity contribution in [3.05, 3.63) is 30.6 Å². The smallest absolute Gasteiger partial charge is 0.416 e. The van der Waals surface area contributed by atoms with Gasteiger partial charge in [0.25, 0.3) is 0 Å². The Labute approximate surface area is 262 Å². The number of fused-ring (bicyclic) bond motifs is 1. The van der Waals surface area contributed by atoms with Crippen LogP contribution in [0, 0.1) is 0 Å². The highest BCUT2D eigenvalue weighted by atomic mass is 32.2. The lowest BCUT2D eigenvalue weighted by molar-refractivity contribution is -0.117. The number of benzene rings is 1. The van der Waals surface area contributed by atoms with Crippen molar-refractivity contribution in [3.63, 3.8) is 0 Å². The van der Waals surface area contributed by atoms with E-state index in [0.717, 1.165) is 43.2 Å². The molecule has 10 nitrogen and oxygen atoms in total. The fourth-order valence-corrected chi connectivity index (χ4v) is 7.76. The van der Waals surface area contributed by atoms with Crippen LogP contribution in [-0.4, -0.2) is 66.6 Å². The molecular formula is C33H49N5O5S. The van der Waals surface area contributed by atoms with Crippen LogP contribution in [0.5, 0.6) is 0 Å². The molecule has 3 heterocycles. The summed E-state index contributed by atoms with van der Waals surface area (Å²) in [5.41, 5.74) is 2.92. The highest BCUT2D eigenvalue weighted by Gasteiger charge is 2.39. The number of amides is 2. The van der Waals surface area contributed by atoms with Gasteiger partial charge in [0.2, 0.25) is 5.91 Å². The maximum atomic E-state index is 13.9. The molecular weight excluding hydrogens is 578 g/mol. The van der Waals surface area contributed by atoms with E-state index in [9.17, 15) is 18.0 Å². The Kier molecular flexibility index (Phi) is 10.3. The lowest BCUT2D eigenvalue weighted by atomic mass is 9.79. The van der Waals surface area contributed by atoms with Crippen molar-refractivity contribution >= 4 is 33.2 Å². The van der Waals surface area contributed by atoms with Gasteiger partial charge in [-0.05, 0) is 56.7 Å². The van der Waals surface area contributed by atoms with E-state index in [1.54, 1.807) is 33.8 Å². The third-order valence-corrected chi connectivity index (χ3v) is 10.4. The Morgan fingerprint density at radius 3 is 2.30 bits per heavy atom. The molecule has 1 aliphatic carbocycles. The molecule has 2 aliphatic heterocycles. The van der Waals surface area contributed by atoms with Crippen molar-refractivity contribution in [1.29, 1.82) is 0 Å². The molecule has 2 fully saturated rings. The van der Waals surface area contributed by atoms with E-state index in [1.165, 1.54) is 57.6 Å². The van der Waals surface area contributed by atoms with Crippen molar-refractivity contribution in [3.8, 4) is 11.1 Å². The van der Waals surface area contributed by atoms with Crippen LogP contribution in [0.1, 0.15) is 97.3 Å². The first kappa shape index (κ1) is 32.5. The normalized spacial score (nSPS) is 23.1. The molecule has 44 heavy (non-hydrogen) atoms. The second kappa shape index (κ2) is 14.0. The van der Waals surface area contributed by atoms with Crippen LogP contribution in [0.15, 0.2) is 30.6 Å². The van der Waals surface area contributed by atoms with E-state index in [-0.39, 0.29) is 36.0 Å². The van der Waals surface area contributed by atoms with Crippen LogP contribution in [0.25, 0.3) is 11.1 Å². The fraction of sp³-hybridized carbons (Fsp3) is 0.667. The maximum absolute atomic E-state index is 13.9. The maximum Gasteiger partial charge on any atom is 0.416 e.